The molecule has 0 radical (unpaired) electrons. The fourth-order valence-electron chi connectivity index (χ4n) is 2.33. The summed E-state index contributed by atoms with van der Waals surface area (Å²) in [6.45, 7) is 4.53. The lowest BCUT2D eigenvalue weighted by atomic mass is 10.0. The molecule has 5 nitrogen and oxygen atoms in total. The quantitative estimate of drug-likeness (QED) is 0.688. The van der Waals surface area contributed by atoms with Gasteiger partial charge in [-0.05, 0) is 37.6 Å². The van der Waals surface area contributed by atoms with Gasteiger partial charge in [-0.2, -0.15) is 0 Å². The van der Waals surface area contributed by atoms with Gasteiger partial charge in [-0.15, -0.1) is 0 Å². The summed E-state index contributed by atoms with van der Waals surface area (Å²) in [5, 5.41) is 13.4. The molecule has 1 aromatic heterocycles. The number of ether oxygens (including phenoxy) is 1. The van der Waals surface area contributed by atoms with Crippen LogP contribution >= 0.6 is 0 Å². The molecule has 22 heavy (non-hydrogen) atoms. The number of carboxylic acids is 1. The number of carbonyl (C=O) groups is 1. The van der Waals surface area contributed by atoms with Crippen LogP contribution in [-0.4, -0.2) is 35.8 Å². The summed E-state index contributed by atoms with van der Waals surface area (Å²) in [6, 6.07) is 5.12. The molecule has 118 valence electrons. The van der Waals surface area contributed by atoms with E-state index in [0.717, 1.165) is 27.8 Å². The van der Waals surface area contributed by atoms with E-state index in [0.29, 0.717) is 13.0 Å². The Kier molecular flexibility index (Phi) is 5.22. The van der Waals surface area contributed by atoms with Gasteiger partial charge in [0.1, 0.15) is 11.8 Å². The van der Waals surface area contributed by atoms with E-state index in [1.807, 2.05) is 44.3 Å². The number of aromatic amines is 1. The molecule has 0 aliphatic rings. The number of allylic oxidation sites excluding steroid dienone is 1. The zero-order valence-corrected chi connectivity index (χ0v) is 13.1. The molecule has 3 N–H and O–H groups in total. The molecule has 0 amide bonds. The van der Waals surface area contributed by atoms with Crippen molar-refractivity contribution >= 4 is 16.9 Å². The highest BCUT2D eigenvalue weighted by Crippen LogP contribution is 2.24. The maximum Gasteiger partial charge on any atom is 0.321 e. The number of hydrogen-bond donors (Lipinski definition) is 3. The Bertz CT molecular complexity index is 684. The zero-order chi connectivity index (χ0) is 16.1. The Balaban J connectivity index is 2.19. The highest BCUT2D eigenvalue weighted by molar-refractivity contribution is 5.85. The number of hydrogen-bond acceptors (Lipinski definition) is 3. The SMILES string of the molecule is COc1ccc2[nH]cc(CC(NCC=C(C)C)C(=O)O)c2c1. The molecule has 0 fully saturated rings. The van der Waals surface area contributed by atoms with Crippen molar-refractivity contribution < 1.29 is 14.6 Å². The van der Waals surface area contributed by atoms with E-state index in [2.05, 4.69) is 10.3 Å². The second-order valence-corrected chi connectivity index (χ2v) is 5.51. The van der Waals surface area contributed by atoms with Crippen molar-refractivity contribution in [3.63, 3.8) is 0 Å². The minimum absolute atomic E-state index is 0.416. The van der Waals surface area contributed by atoms with Gasteiger partial charge in [-0.1, -0.05) is 11.6 Å². The molecular formula is C17H22N2O3. The standard InChI is InChI=1S/C17H22N2O3/c1-11(2)6-7-18-16(17(20)21)8-12-10-19-15-5-4-13(22-3)9-14(12)15/h4-6,9-10,16,18-19H,7-8H2,1-3H3,(H,20,21). The molecule has 1 aromatic carbocycles. The van der Waals surface area contributed by atoms with Crippen LogP contribution in [0.25, 0.3) is 10.9 Å². The molecular weight excluding hydrogens is 280 g/mol. The number of nitrogens with one attached hydrogen (secondary N) is 2. The van der Waals surface area contributed by atoms with E-state index < -0.39 is 12.0 Å². The van der Waals surface area contributed by atoms with Crippen LogP contribution in [0.5, 0.6) is 5.75 Å². The van der Waals surface area contributed by atoms with Crippen LogP contribution in [0, 0.1) is 0 Å². The maximum atomic E-state index is 11.4. The highest BCUT2D eigenvalue weighted by atomic mass is 16.5. The number of aromatic nitrogens is 1. The summed E-state index contributed by atoms with van der Waals surface area (Å²) in [6.07, 6.45) is 4.26. The second-order valence-electron chi connectivity index (χ2n) is 5.51. The molecule has 1 atom stereocenters. The van der Waals surface area contributed by atoms with Crippen LogP contribution in [0.3, 0.4) is 0 Å². The van der Waals surface area contributed by atoms with Crippen molar-refractivity contribution in [1.29, 1.82) is 0 Å². The third kappa shape index (κ3) is 3.89. The molecule has 1 unspecified atom stereocenters. The fourth-order valence-corrected chi connectivity index (χ4v) is 2.33. The van der Waals surface area contributed by atoms with Gasteiger partial charge in [-0.25, -0.2) is 0 Å². The number of fused-ring (bicyclic) bond motifs is 1. The molecule has 0 bridgehead atoms. The number of benzene rings is 1. The normalized spacial score (nSPS) is 12.1. The van der Waals surface area contributed by atoms with Crippen LogP contribution in [0.1, 0.15) is 19.4 Å². The minimum atomic E-state index is -0.848. The Morgan fingerprint density at radius 1 is 1.45 bits per heavy atom. The number of aliphatic carboxylic acids is 1. The Labute approximate surface area is 130 Å². The zero-order valence-electron chi connectivity index (χ0n) is 13.1. The second kappa shape index (κ2) is 7.13. The van der Waals surface area contributed by atoms with Crippen molar-refractivity contribution in [3.8, 4) is 5.75 Å². The Morgan fingerprint density at radius 2 is 2.23 bits per heavy atom. The smallest absolute Gasteiger partial charge is 0.321 e. The maximum absolute atomic E-state index is 11.4. The largest absolute Gasteiger partial charge is 0.497 e. The van der Waals surface area contributed by atoms with Crippen LogP contribution in [0.4, 0.5) is 0 Å². The highest BCUT2D eigenvalue weighted by Gasteiger charge is 2.18. The van der Waals surface area contributed by atoms with Gasteiger partial charge < -0.3 is 20.1 Å². The van der Waals surface area contributed by atoms with E-state index in [-0.39, 0.29) is 0 Å². The van der Waals surface area contributed by atoms with E-state index in [1.165, 1.54) is 0 Å². The van der Waals surface area contributed by atoms with Crippen molar-refractivity contribution in [2.24, 2.45) is 0 Å². The first-order valence-electron chi connectivity index (χ1n) is 7.25. The average Bonchev–Trinajstić information content (AvgIpc) is 2.87. The number of H-pyrrole nitrogens is 1. The van der Waals surface area contributed by atoms with Gasteiger partial charge in [0.25, 0.3) is 0 Å². The van der Waals surface area contributed by atoms with Crippen molar-refractivity contribution in [2.75, 3.05) is 13.7 Å². The first-order valence-corrected chi connectivity index (χ1v) is 7.25. The van der Waals surface area contributed by atoms with Gasteiger partial charge in [-0.3, -0.25) is 4.79 Å². The predicted octanol–water partition coefficient (Wildman–Crippen LogP) is 2.73. The van der Waals surface area contributed by atoms with Crippen LogP contribution in [-0.2, 0) is 11.2 Å². The van der Waals surface area contributed by atoms with Crippen molar-refractivity contribution in [1.82, 2.24) is 10.3 Å². The molecule has 0 saturated carbocycles. The monoisotopic (exact) mass is 302 g/mol. The first-order chi connectivity index (χ1) is 10.5. The van der Waals surface area contributed by atoms with Crippen molar-refractivity contribution in [2.45, 2.75) is 26.3 Å². The molecule has 0 aliphatic heterocycles. The number of rotatable bonds is 7. The van der Waals surface area contributed by atoms with E-state index in [9.17, 15) is 9.90 Å². The van der Waals surface area contributed by atoms with Gasteiger partial charge >= 0.3 is 5.97 Å². The number of carboxylic acid groups (broad SMARTS) is 1. The van der Waals surface area contributed by atoms with E-state index in [1.54, 1.807) is 7.11 Å². The first kappa shape index (κ1) is 16.1. The summed E-state index contributed by atoms with van der Waals surface area (Å²) < 4.78 is 5.24. The van der Waals surface area contributed by atoms with Crippen LogP contribution in [0.15, 0.2) is 36.0 Å². The Morgan fingerprint density at radius 3 is 2.86 bits per heavy atom. The molecule has 0 saturated heterocycles. The summed E-state index contributed by atoms with van der Waals surface area (Å²) in [5.41, 5.74) is 3.10. The van der Waals surface area contributed by atoms with Crippen LogP contribution < -0.4 is 10.1 Å². The van der Waals surface area contributed by atoms with E-state index >= 15 is 0 Å². The fraction of sp³-hybridized carbons (Fsp3) is 0.353. The third-order valence-electron chi connectivity index (χ3n) is 3.57. The summed E-state index contributed by atoms with van der Waals surface area (Å²) >= 11 is 0. The molecule has 2 aromatic rings. The van der Waals surface area contributed by atoms with Gasteiger partial charge in [0.2, 0.25) is 0 Å². The van der Waals surface area contributed by atoms with Gasteiger partial charge in [0, 0.05) is 30.1 Å². The molecule has 2 rings (SSSR count). The summed E-state index contributed by atoms with van der Waals surface area (Å²) in [5.74, 6) is -0.0860. The topological polar surface area (TPSA) is 74.3 Å². The molecule has 1 heterocycles. The van der Waals surface area contributed by atoms with Gasteiger partial charge in [0.15, 0.2) is 0 Å². The molecule has 0 aliphatic carbocycles. The van der Waals surface area contributed by atoms with Gasteiger partial charge in [0.05, 0.1) is 7.11 Å². The molecule has 0 spiro atoms. The lowest BCUT2D eigenvalue weighted by molar-refractivity contribution is -0.139. The van der Waals surface area contributed by atoms with Crippen molar-refractivity contribution in [3.05, 3.63) is 41.6 Å². The summed E-state index contributed by atoms with van der Waals surface area (Å²) in [4.78, 5) is 14.6. The Hall–Kier alpha value is -2.27. The average molecular weight is 302 g/mol. The number of methoxy groups -OCH3 is 1. The summed E-state index contributed by atoms with van der Waals surface area (Å²) in [7, 11) is 1.62. The molecule has 5 heteroatoms. The third-order valence-corrected chi connectivity index (χ3v) is 3.57. The predicted molar refractivity (Wildman–Crippen MR) is 87.4 cm³/mol. The lowest BCUT2D eigenvalue weighted by Gasteiger charge is -2.13. The minimum Gasteiger partial charge on any atom is -0.497 e. The van der Waals surface area contributed by atoms with Crippen LogP contribution in [0.2, 0.25) is 0 Å². The lowest BCUT2D eigenvalue weighted by Crippen LogP contribution is -2.38. The van der Waals surface area contributed by atoms with E-state index in [4.69, 9.17) is 4.74 Å².